The van der Waals surface area contributed by atoms with Crippen LogP contribution in [0.4, 0.5) is 4.79 Å². The summed E-state index contributed by atoms with van der Waals surface area (Å²) in [5, 5.41) is 9.68. The first-order chi connectivity index (χ1) is 10.2. The highest BCUT2D eigenvalue weighted by atomic mass is 35.5. The Morgan fingerprint density at radius 2 is 2.18 bits per heavy atom. The zero-order chi connectivity index (χ0) is 16.5. The molecule has 1 atom stereocenters. The van der Waals surface area contributed by atoms with E-state index >= 15 is 0 Å². The molecule has 5 nitrogen and oxygen atoms in total. The summed E-state index contributed by atoms with van der Waals surface area (Å²) in [7, 11) is 0. The number of hydrogen-bond donors (Lipinski definition) is 2. The number of carbonyl (C=O) groups is 1. The lowest BCUT2D eigenvalue weighted by Crippen LogP contribution is -2.39. The van der Waals surface area contributed by atoms with Crippen molar-refractivity contribution in [3.8, 4) is 0 Å². The van der Waals surface area contributed by atoms with Crippen LogP contribution in [-0.2, 0) is 30.9 Å². The minimum atomic E-state index is -1.16. The molecule has 1 amide bonds. The zero-order valence-corrected chi connectivity index (χ0v) is 14.6. The van der Waals surface area contributed by atoms with E-state index in [1.807, 2.05) is 32.9 Å². The number of nitrogens with one attached hydrogen (secondary N) is 1. The summed E-state index contributed by atoms with van der Waals surface area (Å²) in [6, 6.07) is 3.68. The monoisotopic (exact) mass is 344 g/mol. The van der Waals surface area contributed by atoms with Gasteiger partial charge in [-0.1, -0.05) is 11.6 Å². The van der Waals surface area contributed by atoms with Crippen LogP contribution in [-0.4, -0.2) is 31.9 Å². The first-order valence-electron chi connectivity index (χ1n) is 7.12. The maximum absolute atomic E-state index is 12.1. The molecule has 1 aromatic carbocycles. The lowest BCUT2D eigenvalue weighted by atomic mass is 9.94. The fourth-order valence-electron chi connectivity index (χ4n) is 2.43. The summed E-state index contributed by atoms with van der Waals surface area (Å²) in [6.45, 7) is 7.01. The second kappa shape index (κ2) is 6.66. The Kier molecular flexibility index (Phi) is 5.27. The largest absolute Gasteiger partial charge is 0.598 e. The summed E-state index contributed by atoms with van der Waals surface area (Å²) < 4.78 is 14.8. The predicted octanol–water partition coefficient (Wildman–Crippen LogP) is 2.93. The van der Waals surface area contributed by atoms with Gasteiger partial charge in [0.1, 0.15) is 4.75 Å². The fraction of sp³-hybridized carbons (Fsp3) is 0.533. The Labute approximate surface area is 139 Å². The van der Waals surface area contributed by atoms with Crippen molar-refractivity contribution >= 4 is 29.1 Å². The van der Waals surface area contributed by atoms with E-state index in [0.29, 0.717) is 31.1 Å². The summed E-state index contributed by atoms with van der Waals surface area (Å²) in [5.74, 6) is 0. The smallest absolute Gasteiger partial charge is 0.407 e. The quantitative estimate of drug-likeness (QED) is 0.827. The molecule has 0 unspecified atom stereocenters. The highest BCUT2D eigenvalue weighted by Crippen LogP contribution is 2.27. The Balaban J connectivity index is 2.18. The molecule has 0 aromatic heterocycles. The molecule has 0 saturated heterocycles. The number of rotatable bonds is 3. The lowest BCUT2D eigenvalue weighted by molar-refractivity contribution is 0.140. The molecule has 0 bridgehead atoms. The highest BCUT2D eigenvalue weighted by Gasteiger charge is 2.27. The number of benzene rings is 1. The van der Waals surface area contributed by atoms with Gasteiger partial charge in [-0.2, -0.15) is 0 Å². The van der Waals surface area contributed by atoms with Gasteiger partial charge in [-0.05, 0) is 56.0 Å². The minimum Gasteiger partial charge on any atom is -0.598 e. The van der Waals surface area contributed by atoms with Gasteiger partial charge in [-0.3, -0.25) is 0 Å². The van der Waals surface area contributed by atoms with Crippen molar-refractivity contribution in [2.75, 3.05) is 6.54 Å². The van der Waals surface area contributed by atoms with Crippen LogP contribution in [0.5, 0.6) is 0 Å². The maximum atomic E-state index is 12.1. The predicted molar refractivity (Wildman–Crippen MR) is 88.3 cm³/mol. The van der Waals surface area contributed by atoms with Crippen LogP contribution in [0.25, 0.3) is 0 Å². The first-order valence-corrected chi connectivity index (χ1v) is 8.64. The summed E-state index contributed by atoms with van der Waals surface area (Å²) in [4.78, 5) is 12.5. The van der Waals surface area contributed by atoms with Crippen molar-refractivity contribution in [3.63, 3.8) is 0 Å². The van der Waals surface area contributed by atoms with Gasteiger partial charge in [0.25, 0.3) is 0 Å². The third-order valence-corrected chi connectivity index (χ3v) is 5.35. The van der Waals surface area contributed by atoms with Gasteiger partial charge >= 0.3 is 6.09 Å². The van der Waals surface area contributed by atoms with E-state index in [9.17, 15) is 9.35 Å². The van der Waals surface area contributed by atoms with Crippen LogP contribution in [0, 0.1) is 0 Å². The number of nitrogens with zero attached hydrogens (tertiary/aromatic N) is 1. The van der Waals surface area contributed by atoms with Crippen LogP contribution in [0.2, 0.25) is 5.02 Å². The summed E-state index contributed by atoms with van der Waals surface area (Å²) in [6.07, 6.45) is -0.267. The molecule has 22 heavy (non-hydrogen) atoms. The van der Waals surface area contributed by atoms with Crippen LogP contribution in [0.3, 0.4) is 0 Å². The molecular weight excluding hydrogens is 324 g/mol. The fourth-order valence-corrected chi connectivity index (χ4v) is 3.41. The van der Waals surface area contributed by atoms with Gasteiger partial charge in [0.05, 0.1) is 6.54 Å². The molecule has 0 spiro atoms. The van der Waals surface area contributed by atoms with Gasteiger partial charge in [0.15, 0.2) is 0 Å². The van der Waals surface area contributed by atoms with Crippen LogP contribution >= 0.6 is 11.6 Å². The van der Waals surface area contributed by atoms with Crippen molar-refractivity contribution in [3.05, 3.63) is 33.8 Å². The van der Waals surface area contributed by atoms with Crippen LogP contribution < -0.4 is 4.72 Å². The lowest BCUT2D eigenvalue weighted by Gasteiger charge is -2.29. The van der Waals surface area contributed by atoms with Gasteiger partial charge in [0, 0.05) is 29.5 Å². The van der Waals surface area contributed by atoms with E-state index in [1.54, 1.807) is 0 Å². The molecule has 0 saturated carbocycles. The summed E-state index contributed by atoms with van der Waals surface area (Å²) in [5.41, 5.74) is 3.03. The molecule has 0 fully saturated rings. The van der Waals surface area contributed by atoms with E-state index in [4.69, 9.17) is 16.7 Å². The Hall–Kier alpha value is -0.950. The van der Waals surface area contributed by atoms with E-state index < -0.39 is 17.5 Å². The highest BCUT2D eigenvalue weighted by molar-refractivity contribution is 7.90. The van der Waals surface area contributed by atoms with Gasteiger partial charge in [-0.15, -0.1) is 4.72 Å². The molecule has 7 heteroatoms. The molecular formula is C15H21ClN2O3S. The van der Waals surface area contributed by atoms with Gasteiger partial charge in [0.2, 0.25) is 0 Å². The van der Waals surface area contributed by atoms with Gasteiger partial charge < -0.3 is 14.6 Å². The molecule has 0 radical (unpaired) electrons. The normalized spacial score (nSPS) is 16.3. The zero-order valence-electron chi connectivity index (χ0n) is 13.0. The molecule has 1 aromatic rings. The Bertz CT molecular complexity index is 575. The minimum absolute atomic E-state index is 0.335. The molecule has 1 aliphatic rings. The van der Waals surface area contributed by atoms with Crippen molar-refractivity contribution in [1.82, 2.24) is 9.62 Å². The number of halogens is 1. The second-order valence-corrected chi connectivity index (χ2v) is 8.85. The van der Waals surface area contributed by atoms with Gasteiger partial charge in [-0.25, -0.2) is 4.79 Å². The molecule has 0 aliphatic carbocycles. The first kappa shape index (κ1) is 17.4. The summed E-state index contributed by atoms with van der Waals surface area (Å²) >= 11 is 4.99. The van der Waals surface area contributed by atoms with E-state index in [0.717, 1.165) is 16.7 Å². The Morgan fingerprint density at radius 1 is 1.50 bits per heavy atom. The Morgan fingerprint density at radius 3 is 2.77 bits per heavy atom. The van der Waals surface area contributed by atoms with Crippen LogP contribution in [0.1, 0.15) is 37.5 Å². The van der Waals surface area contributed by atoms with Crippen molar-refractivity contribution in [1.29, 1.82) is 0 Å². The second-order valence-electron chi connectivity index (χ2n) is 6.36. The van der Waals surface area contributed by atoms with Crippen molar-refractivity contribution in [2.45, 2.75) is 45.0 Å². The van der Waals surface area contributed by atoms with E-state index in [2.05, 4.69) is 4.72 Å². The third-order valence-electron chi connectivity index (χ3n) is 3.61. The van der Waals surface area contributed by atoms with Crippen LogP contribution in [0.15, 0.2) is 12.1 Å². The molecule has 122 valence electrons. The maximum Gasteiger partial charge on any atom is 0.407 e. The number of amides is 1. The average Bonchev–Trinajstić information content (AvgIpc) is 2.42. The van der Waals surface area contributed by atoms with E-state index in [1.165, 1.54) is 4.90 Å². The molecule has 1 aliphatic heterocycles. The van der Waals surface area contributed by atoms with E-state index in [-0.39, 0.29) is 4.75 Å². The number of hydrogen-bond acceptors (Lipinski definition) is 3. The average molecular weight is 345 g/mol. The SMILES string of the molecule is CC(C)(C)[S@+]([O-])NCc1cc(Cl)cc2c1CCN(C(=O)O)C2. The van der Waals surface area contributed by atoms with Crippen molar-refractivity contribution < 1.29 is 14.5 Å². The number of carboxylic acid groups (broad SMARTS) is 1. The molecule has 1 heterocycles. The molecule has 2 rings (SSSR count). The molecule has 2 N–H and O–H groups in total. The topological polar surface area (TPSA) is 75.6 Å². The van der Waals surface area contributed by atoms with Crippen molar-refractivity contribution in [2.24, 2.45) is 0 Å². The third kappa shape index (κ3) is 4.07. The standard InChI is InChI=1S/C15H21ClN2O3S/c1-15(2,3)22(21)17-8-10-6-12(16)7-11-9-18(14(19)20)5-4-13(10)11/h6-7,17H,4-5,8-9H2,1-3H3,(H,19,20)/t22-/m0/s1. The number of fused-ring (bicyclic) bond motifs is 1.